The van der Waals surface area contributed by atoms with Crippen LogP contribution in [0.1, 0.15) is 12.5 Å². The lowest BCUT2D eigenvalue weighted by molar-refractivity contribution is 0.537. The molecule has 2 aromatic heterocycles. The molecule has 0 amide bonds. The molecule has 1 atom stereocenters. The first-order chi connectivity index (χ1) is 13.0. The highest BCUT2D eigenvalue weighted by molar-refractivity contribution is 9.10. The number of pyridine rings is 2. The molecule has 0 fully saturated rings. The van der Waals surface area contributed by atoms with Crippen molar-refractivity contribution < 1.29 is 8.42 Å². The van der Waals surface area contributed by atoms with Gasteiger partial charge in [-0.3, -0.25) is 9.97 Å². The Morgan fingerprint density at radius 3 is 2.64 bits per heavy atom. The van der Waals surface area contributed by atoms with Gasteiger partial charge in [0.05, 0.1) is 4.90 Å². The van der Waals surface area contributed by atoms with E-state index in [1.165, 1.54) is 0 Å². The van der Waals surface area contributed by atoms with Crippen molar-refractivity contribution in [2.45, 2.75) is 24.3 Å². The van der Waals surface area contributed by atoms with E-state index in [2.05, 4.69) is 35.9 Å². The molecule has 0 spiro atoms. The second kappa shape index (κ2) is 10.3. The van der Waals surface area contributed by atoms with Crippen LogP contribution in [0.2, 0.25) is 0 Å². The predicted octanol–water partition coefficient (Wildman–Crippen LogP) is 3.31. The summed E-state index contributed by atoms with van der Waals surface area (Å²) in [5, 5.41) is 4.97. The zero-order valence-corrected chi connectivity index (χ0v) is 18.5. The average Bonchev–Trinajstić information content (AvgIpc) is 2.66. The molecule has 3 aromatic rings. The van der Waals surface area contributed by atoms with Crippen LogP contribution >= 0.6 is 28.3 Å². The zero-order valence-electron chi connectivity index (χ0n) is 15.3. The number of hydrogen-bond donors (Lipinski definition) is 2. The summed E-state index contributed by atoms with van der Waals surface area (Å²) in [7, 11) is -3.64. The summed E-state index contributed by atoms with van der Waals surface area (Å²) >= 11 is 3.43. The molecular weight excluding hydrogens is 464 g/mol. The third-order valence-corrected chi connectivity index (χ3v) is 6.88. The highest BCUT2D eigenvalue weighted by atomic mass is 79.9. The number of benzene rings is 1. The number of sulfonamides is 1. The van der Waals surface area contributed by atoms with E-state index in [9.17, 15) is 8.42 Å². The van der Waals surface area contributed by atoms with Crippen LogP contribution in [0.15, 0.2) is 64.5 Å². The molecule has 9 heteroatoms. The Morgan fingerprint density at radius 2 is 1.89 bits per heavy atom. The Hall–Kier alpha value is -1.58. The third-order valence-electron chi connectivity index (χ3n) is 4.13. The predicted molar refractivity (Wildman–Crippen MR) is 117 cm³/mol. The molecule has 0 saturated carbocycles. The second-order valence-electron chi connectivity index (χ2n) is 6.31. The minimum absolute atomic E-state index is 0. The van der Waals surface area contributed by atoms with E-state index in [1.54, 1.807) is 36.8 Å². The van der Waals surface area contributed by atoms with Crippen LogP contribution in [0, 0.1) is 0 Å². The van der Waals surface area contributed by atoms with Crippen molar-refractivity contribution in [1.29, 1.82) is 0 Å². The van der Waals surface area contributed by atoms with Crippen molar-refractivity contribution in [3.63, 3.8) is 0 Å². The SMILES string of the molecule is CC(CNCCc1cccnc1)NS(=O)(=O)c1ccc2cnccc2c1Br.Cl. The van der Waals surface area contributed by atoms with E-state index in [-0.39, 0.29) is 23.3 Å². The summed E-state index contributed by atoms with van der Waals surface area (Å²) in [4.78, 5) is 8.37. The molecular formula is C19H22BrClN4O2S. The van der Waals surface area contributed by atoms with Gasteiger partial charge in [-0.25, -0.2) is 13.1 Å². The molecule has 28 heavy (non-hydrogen) atoms. The summed E-state index contributed by atoms with van der Waals surface area (Å²) in [5.41, 5.74) is 1.15. The Kier molecular flexibility index (Phi) is 8.33. The van der Waals surface area contributed by atoms with Gasteiger partial charge in [0, 0.05) is 52.6 Å². The summed E-state index contributed by atoms with van der Waals surface area (Å²) in [6.07, 6.45) is 7.78. The molecule has 2 N–H and O–H groups in total. The van der Waals surface area contributed by atoms with E-state index >= 15 is 0 Å². The first-order valence-corrected chi connectivity index (χ1v) is 10.9. The van der Waals surface area contributed by atoms with E-state index in [1.807, 2.05) is 25.3 Å². The summed E-state index contributed by atoms with van der Waals surface area (Å²) in [6, 6.07) is 8.83. The van der Waals surface area contributed by atoms with Crippen molar-refractivity contribution in [1.82, 2.24) is 20.0 Å². The first kappa shape index (κ1) is 22.7. The third kappa shape index (κ3) is 5.71. The second-order valence-corrected chi connectivity index (χ2v) is 8.79. The molecule has 0 saturated heterocycles. The van der Waals surface area contributed by atoms with E-state index in [4.69, 9.17) is 0 Å². The van der Waals surface area contributed by atoms with Gasteiger partial charge in [-0.05, 0) is 59.6 Å². The fourth-order valence-corrected chi connectivity index (χ4v) is 5.25. The van der Waals surface area contributed by atoms with Crippen LogP contribution in [0.3, 0.4) is 0 Å². The van der Waals surface area contributed by atoms with Gasteiger partial charge < -0.3 is 5.32 Å². The number of rotatable bonds is 8. The molecule has 0 aliphatic rings. The largest absolute Gasteiger partial charge is 0.315 e. The number of aromatic nitrogens is 2. The first-order valence-electron chi connectivity index (χ1n) is 8.61. The molecule has 0 radical (unpaired) electrons. The van der Waals surface area contributed by atoms with Crippen molar-refractivity contribution in [2.24, 2.45) is 0 Å². The fraction of sp³-hybridized carbons (Fsp3) is 0.263. The molecule has 1 unspecified atom stereocenters. The van der Waals surface area contributed by atoms with Gasteiger partial charge in [-0.2, -0.15) is 0 Å². The highest BCUT2D eigenvalue weighted by Crippen LogP contribution is 2.30. The maximum Gasteiger partial charge on any atom is 0.241 e. The monoisotopic (exact) mass is 484 g/mol. The van der Waals surface area contributed by atoms with E-state index < -0.39 is 10.0 Å². The molecule has 1 aromatic carbocycles. The van der Waals surface area contributed by atoms with Gasteiger partial charge in [-0.1, -0.05) is 12.1 Å². The number of hydrogen-bond acceptors (Lipinski definition) is 5. The smallest absolute Gasteiger partial charge is 0.241 e. The van der Waals surface area contributed by atoms with Gasteiger partial charge in [0.1, 0.15) is 0 Å². The molecule has 6 nitrogen and oxygen atoms in total. The minimum atomic E-state index is -3.64. The quantitative estimate of drug-likeness (QED) is 0.478. The van der Waals surface area contributed by atoms with Crippen LogP contribution in [0.25, 0.3) is 10.8 Å². The summed E-state index contributed by atoms with van der Waals surface area (Å²) in [5.74, 6) is 0. The van der Waals surface area contributed by atoms with Gasteiger partial charge in [0.2, 0.25) is 10.0 Å². The lowest BCUT2D eigenvalue weighted by atomic mass is 10.2. The molecule has 150 valence electrons. The van der Waals surface area contributed by atoms with Crippen LogP contribution < -0.4 is 10.0 Å². The fourth-order valence-electron chi connectivity index (χ4n) is 2.79. The van der Waals surface area contributed by atoms with Crippen molar-refractivity contribution in [2.75, 3.05) is 13.1 Å². The van der Waals surface area contributed by atoms with Crippen molar-refractivity contribution in [3.8, 4) is 0 Å². The van der Waals surface area contributed by atoms with Crippen LogP contribution in [0.5, 0.6) is 0 Å². The lowest BCUT2D eigenvalue weighted by Gasteiger charge is -2.16. The van der Waals surface area contributed by atoms with Gasteiger partial charge in [0.15, 0.2) is 0 Å². The van der Waals surface area contributed by atoms with Gasteiger partial charge >= 0.3 is 0 Å². The van der Waals surface area contributed by atoms with Crippen LogP contribution in [0.4, 0.5) is 0 Å². The van der Waals surface area contributed by atoms with E-state index in [0.717, 1.165) is 29.3 Å². The standard InChI is InChI=1S/C19H21BrN4O2S.ClH/c1-14(11-22-9-6-15-3-2-8-21-12-15)24-27(25,26)18-5-4-16-13-23-10-7-17(16)19(18)20;/h2-5,7-8,10,12-14,22,24H,6,9,11H2,1H3;1H. The Bertz CT molecular complexity index is 1020. The molecule has 0 bridgehead atoms. The Balaban J connectivity index is 0.00000280. The number of fused-ring (bicyclic) bond motifs is 1. The normalized spacial score (nSPS) is 12.5. The number of nitrogens with zero attached hydrogens (tertiary/aromatic N) is 2. The maximum atomic E-state index is 12.8. The number of halogens is 2. The van der Waals surface area contributed by atoms with Crippen molar-refractivity contribution >= 4 is 49.1 Å². The van der Waals surface area contributed by atoms with Crippen molar-refractivity contribution in [3.05, 3.63) is 65.2 Å². The topological polar surface area (TPSA) is 84.0 Å². The van der Waals surface area contributed by atoms with Gasteiger partial charge in [0.25, 0.3) is 0 Å². The lowest BCUT2D eigenvalue weighted by Crippen LogP contribution is -2.40. The highest BCUT2D eigenvalue weighted by Gasteiger charge is 2.21. The van der Waals surface area contributed by atoms with Crippen LogP contribution in [-0.2, 0) is 16.4 Å². The van der Waals surface area contributed by atoms with E-state index in [0.29, 0.717) is 11.0 Å². The van der Waals surface area contributed by atoms with Crippen LogP contribution in [-0.4, -0.2) is 37.5 Å². The summed E-state index contributed by atoms with van der Waals surface area (Å²) < 4.78 is 28.8. The van der Waals surface area contributed by atoms with Gasteiger partial charge in [-0.15, -0.1) is 12.4 Å². The Morgan fingerprint density at radius 1 is 1.11 bits per heavy atom. The molecule has 0 aliphatic heterocycles. The molecule has 3 rings (SSSR count). The average molecular weight is 486 g/mol. The molecule has 2 heterocycles. The summed E-state index contributed by atoms with van der Waals surface area (Å²) in [6.45, 7) is 3.13. The maximum absolute atomic E-state index is 12.8. The minimum Gasteiger partial charge on any atom is -0.315 e. The Labute approximate surface area is 179 Å². The zero-order chi connectivity index (χ0) is 19.3. The molecule has 0 aliphatic carbocycles. The number of nitrogens with one attached hydrogen (secondary N) is 2.